The van der Waals surface area contributed by atoms with E-state index in [1.54, 1.807) is 48.5 Å². The van der Waals surface area contributed by atoms with Gasteiger partial charge in [-0.3, -0.25) is 9.35 Å². The molecule has 208 valence electrons. The molecule has 1 fully saturated rings. The Morgan fingerprint density at radius 1 is 0.846 bits per heavy atom. The predicted molar refractivity (Wildman–Crippen MR) is 141 cm³/mol. The van der Waals surface area contributed by atoms with Crippen LogP contribution in [0.2, 0.25) is 0 Å². The second kappa shape index (κ2) is 19.1. The molecular formula is C27H30N2O9S. The Morgan fingerprint density at radius 3 is 1.64 bits per heavy atom. The van der Waals surface area contributed by atoms with Crippen molar-refractivity contribution in [2.45, 2.75) is 18.1 Å². The average molecular weight is 559 g/mol. The first-order valence-corrected chi connectivity index (χ1v) is 12.6. The van der Waals surface area contributed by atoms with Crippen LogP contribution in [0.1, 0.15) is 38.9 Å². The van der Waals surface area contributed by atoms with Gasteiger partial charge in [0.15, 0.2) is 6.29 Å². The SMILES string of the molecule is Cc1ccc(S(=O)(=O)O)cc1.N#Cc1ccc(C2OCCO2)cc1.N#Cc1ccc(C=O)cc1.O.OCCO. The Labute approximate surface area is 227 Å². The lowest BCUT2D eigenvalue weighted by Gasteiger charge is -2.08. The molecule has 1 heterocycles. The summed E-state index contributed by atoms with van der Waals surface area (Å²) in [5.74, 6) is 0. The minimum Gasteiger partial charge on any atom is -0.412 e. The fourth-order valence-electron chi connectivity index (χ4n) is 2.61. The first-order valence-electron chi connectivity index (χ1n) is 11.1. The van der Waals surface area contributed by atoms with E-state index in [4.69, 9.17) is 34.8 Å². The van der Waals surface area contributed by atoms with Gasteiger partial charge < -0.3 is 25.2 Å². The molecule has 0 aliphatic carbocycles. The smallest absolute Gasteiger partial charge is 0.294 e. The Bertz CT molecular complexity index is 1290. The van der Waals surface area contributed by atoms with Gasteiger partial charge in [-0.25, -0.2) is 0 Å². The maximum Gasteiger partial charge on any atom is 0.294 e. The van der Waals surface area contributed by atoms with Crippen LogP contribution in [0.25, 0.3) is 0 Å². The molecular weight excluding hydrogens is 528 g/mol. The molecule has 5 N–H and O–H groups in total. The highest BCUT2D eigenvalue weighted by atomic mass is 32.2. The molecule has 0 amide bonds. The number of hydrogen-bond donors (Lipinski definition) is 3. The molecule has 12 heteroatoms. The number of hydrogen-bond acceptors (Lipinski definition) is 9. The zero-order chi connectivity index (χ0) is 28.4. The molecule has 1 aliphatic rings. The van der Waals surface area contributed by atoms with Gasteiger partial charge in [0.05, 0.1) is 54.6 Å². The molecule has 1 saturated heterocycles. The van der Waals surface area contributed by atoms with Gasteiger partial charge in [-0.05, 0) is 43.3 Å². The molecule has 3 aromatic carbocycles. The average Bonchev–Trinajstić information content (AvgIpc) is 3.49. The van der Waals surface area contributed by atoms with Gasteiger partial charge in [-0.1, -0.05) is 42.0 Å². The van der Waals surface area contributed by atoms with Crippen molar-refractivity contribution in [1.82, 2.24) is 0 Å². The van der Waals surface area contributed by atoms with Gasteiger partial charge in [0.1, 0.15) is 6.29 Å². The number of aliphatic hydroxyl groups excluding tert-OH is 2. The Kier molecular flexibility index (Phi) is 17.2. The predicted octanol–water partition coefficient (Wildman–Crippen LogP) is 2.36. The van der Waals surface area contributed by atoms with Crippen molar-refractivity contribution in [3.8, 4) is 12.1 Å². The Balaban J connectivity index is 0.000000518. The number of aliphatic hydroxyl groups is 2. The quantitative estimate of drug-likeness (QED) is 0.314. The number of rotatable bonds is 4. The first kappa shape index (κ1) is 35.0. The van der Waals surface area contributed by atoms with E-state index in [-0.39, 0.29) is 29.9 Å². The molecule has 0 spiro atoms. The molecule has 0 unspecified atom stereocenters. The molecule has 39 heavy (non-hydrogen) atoms. The van der Waals surface area contributed by atoms with E-state index in [0.717, 1.165) is 17.4 Å². The van der Waals surface area contributed by atoms with Crippen molar-refractivity contribution in [3.63, 3.8) is 0 Å². The van der Waals surface area contributed by atoms with E-state index in [1.807, 2.05) is 25.1 Å². The maximum absolute atomic E-state index is 10.5. The molecule has 11 nitrogen and oxygen atoms in total. The number of nitrogens with zero attached hydrogens (tertiary/aromatic N) is 2. The van der Waals surface area contributed by atoms with Crippen LogP contribution in [0.4, 0.5) is 0 Å². The van der Waals surface area contributed by atoms with Crippen LogP contribution in [0.5, 0.6) is 0 Å². The number of ether oxygens (including phenoxy) is 2. The van der Waals surface area contributed by atoms with Crippen LogP contribution in [0.15, 0.2) is 77.7 Å². The molecule has 0 radical (unpaired) electrons. The molecule has 3 aromatic rings. The summed E-state index contributed by atoms with van der Waals surface area (Å²) in [4.78, 5) is 10.1. The highest BCUT2D eigenvalue weighted by Crippen LogP contribution is 2.22. The summed E-state index contributed by atoms with van der Waals surface area (Å²) in [6, 6.07) is 23.7. The van der Waals surface area contributed by atoms with Crippen molar-refractivity contribution in [3.05, 3.63) is 101 Å². The van der Waals surface area contributed by atoms with E-state index in [2.05, 4.69) is 6.07 Å². The second-order valence-corrected chi connectivity index (χ2v) is 8.82. The second-order valence-electron chi connectivity index (χ2n) is 7.39. The van der Waals surface area contributed by atoms with Crippen molar-refractivity contribution in [2.24, 2.45) is 0 Å². The molecule has 4 rings (SSSR count). The fraction of sp³-hybridized carbons (Fsp3) is 0.222. The normalized spacial score (nSPS) is 11.8. The van der Waals surface area contributed by atoms with Gasteiger partial charge in [0, 0.05) is 11.1 Å². The monoisotopic (exact) mass is 558 g/mol. The molecule has 0 atom stereocenters. The van der Waals surface area contributed by atoms with Crippen LogP contribution in [-0.4, -0.2) is 61.4 Å². The molecule has 0 saturated carbocycles. The third-order valence-corrected chi connectivity index (χ3v) is 5.40. The van der Waals surface area contributed by atoms with Crippen molar-refractivity contribution in [1.29, 1.82) is 10.5 Å². The lowest BCUT2D eigenvalue weighted by atomic mass is 10.1. The van der Waals surface area contributed by atoms with E-state index in [9.17, 15) is 13.2 Å². The van der Waals surface area contributed by atoms with E-state index in [1.165, 1.54) is 12.1 Å². The minimum atomic E-state index is -4.02. The maximum atomic E-state index is 10.5. The summed E-state index contributed by atoms with van der Waals surface area (Å²) in [6.07, 6.45) is 0.508. The van der Waals surface area contributed by atoms with E-state index >= 15 is 0 Å². The zero-order valence-electron chi connectivity index (χ0n) is 21.1. The summed E-state index contributed by atoms with van der Waals surface area (Å²) in [5, 5.41) is 32.2. The number of nitriles is 2. The summed E-state index contributed by atoms with van der Waals surface area (Å²) >= 11 is 0. The standard InChI is InChI=1S/C10H9NO2.C8H5NO.C7H8O3S.C2H6O2.H2O/c11-7-8-1-3-9(4-2-8)10-12-5-6-13-10;9-5-7-1-3-8(6-10)4-2-7;1-6-2-4-7(5-3-6)11(8,9)10;3-1-2-4;/h1-4,10H,5-6H2;1-4,6H;2-5H,1H3,(H,8,9,10);3-4H,1-2H2;1H2. The number of aldehydes is 1. The Morgan fingerprint density at radius 2 is 1.28 bits per heavy atom. The third-order valence-electron chi connectivity index (χ3n) is 4.53. The number of carbonyl (C=O) groups is 1. The molecule has 0 bridgehead atoms. The van der Waals surface area contributed by atoms with Gasteiger partial charge >= 0.3 is 0 Å². The van der Waals surface area contributed by atoms with Crippen LogP contribution in [0.3, 0.4) is 0 Å². The van der Waals surface area contributed by atoms with E-state index < -0.39 is 10.1 Å². The molecule has 0 aromatic heterocycles. The van der Waals surface area contributed by atoms with E-state index in [0.29, 0.717) is 29.9 Å². The minimum absolute atomic E-state index is 0. The van der Waals surface area contributed by atoms with Crippen molar-refractivity contribution < 1.29 is 42.9 Å². The number of carbonyl (C=O) groups excluding carboxylic acids is 1. The van der Waals surface area contributed by atoms with Crippen LogP contribution < -0.4 is 0 Å². The summed E-state index contributed by atoms with van der Waals surface area (Å²) < 4.78 is 40.2. The van der Waals surface area contributed by atoms with Gasteiger partial charge in [0.2, 0.25) is 0 Å². The third kappa shape index (κ3) is 13.9. The molecule has 1 aliphatic heterocycles. The topological polar surface area (TPSA) is 209 Å². The van der Waals surface area contributed by atoms with Crippen molar-refractivity contribution in [2.75, 3.05) is 26.4 Å². The largest absolute Gasteiger partial charge is 0.412 e. The Hall–Kier alpha value is -3.98. The van der Waals surface area contributed by atoms with Crippen molar-refractivity contribution >= 4 is 16.4 Å². The highest BCUT2D eigenvalue weighted by Gasteiger charge is 2.17. The number of benzene rings is 3. The number of aryl methyl sites for hydroxylation is 1. The summed E-state index contributed by atoms with van der Waals surface area (Å²) in [5.41, 5.74) is 3.75. The first-order chi connectivity index (χ1) is 18.2. The lowest BCUT2D eigenvalue weighted by molar-refractivity contribution is -0.0441. The highest BCUT2D eigenvalue weighted by molar-refractivity contribution is 7.85. The van der Waals surface area contributed by atoms with Gasteiger partial charge in [0.25, 0.3) is 10.1 Å². The van der Waals surface area contributed by atoms with Crippen LogP contribution in [-0.2, 0) is 19.6 Å². The zero-order valence-corrected chi connectivity index (χ0v) is 21.9. The van der Waals surface area contributed by atoms with Crippen LogP contribution >= 0.6 is 0 Å². The summed E-state index contributed by atoms with van der Waals surface area (Å²) in [6.45, 7) is 2.88. The fourth-order valence-corrected chi connectivity index (χ4v) is 3.09. The summed E-state index contributed by atoms with van der Waals surface area (Å²) in [7, 11) is -4.02. The van der Waals surface area contributed by atoms with Crippen LogP contribution in [0, 0.1) is 29.6 Å². The lowest BCUT2D eigenvalue weighted by Crippen LogP contribution is -1.97. The van der Waals surface area contributed by atoms with Gasteiger partial charge in [-0.2, -0.15) is 18.9 Å². The van der Waals surface area contributed by atoms with Gasteiger partial charge in [-0.15, -0.1) is 0 Å².